The van der Waals surface area contributed by atoms with Gasteiger partial charge in [0.1, 0.15) is 0 Å². The summed E-state index contributed by atoms with van der Waals surface area (Å²) in [7, 11) is 1.96. The summed E-state index contributed by atoms with van der Waals surface area (Å²) >= 11 is 0. The van der Waals surface area contributed by atoms with Gasteiger partial charge >= 0.3 is 0 Å². The molecule has 0 bridgehead atoms. The Morgan fingerprint density at radius 2 is 1.33 bits per heavy atom. The van der Waals surface area contributed by atoms with Crippen molar-refractivity contribution in [3.05, 3.63) is 0 Å². The van der Waals surface area contributed by atoms with Crippen molar-refractivity contribution in [2.45, 2.75) is 90.5 Å². The minimum atomic E-state index is 0.341. The summed E-state index contributed by atoms with van der Waals surface area (Å²) in [6.45, 7) is 4.38. The Balaban J connectivity index is 3.09. The second-order valence-corrected chi connectivity index (χ2v) is 5.26. The summed E-state index contributed by atoms with van der Waals surface area (Å²) < 4.78 is 0. The molecule has 1 atom stereocenters. The van der Waals surface area contributed by atoms with Gasteiger partial charge in [0, 0.05) is 6.42 Å². The number of hydrogen-bond donors (Lipinski definition) is 1. The lowest BCUT2D eigenvalue weighted by Crippen LogP contribution is -2.18. The maximum atomic E-state index is 3.25. The Morgan fingerprint density at radius 1 is 0.833 bits per heavy atom. The molecule has 0 aromatic rings. The van der Waals surface area contributed by atoms with E-state index < -0.39 is 0 Å². The predicted molar refractivity (Wildman–Crippen MR) is 82.8 cm³/mol. The third-order valence-corrected chi connectivity index (χ3v) is 3.41. The fraction of sp³-hybridized carbons (Fsp3) is 0.882. The molecule has 0 aliphatic carbocycles. The SMILES string of the molecule is CCCCCCCCCCCCC#CC(C)NC. The van der Waals surface area contributed by atoms with Crippen molar-refractivity contribution in [3.8, 4) is 11.8 Å². The quantitative estimate of drug-likeness (QED) is 0.406. The predicted octanol–water partition coefficient (Wildman–Crippen LogP) is 4.91. The van der Waals surface area contributed by atoms with E-state index in [1.807, 2.05) is 7.05 Å². The molecule has 0 saturated heterocycles. The van der Waals surface area contributed by atoms with E-state index in [2.05, 4.69) is 31.0 Å². The summed E-state index contributed by atoms with van der Waals surface area (Å²) in [6.07, 6.45) is 15.1. The van der Waals surface area contributed by atoms with Gasteiger partial charge in [0.2, 0.25) is 0 Å². The first kappa shape index (κ1) is 17.5. The lowest BCUT2D eigenvalue weighted by molar-refractivity contribution is 0.558. The Hall–Kier alpha value is -0.480. The smallest absolute Gasteiger partial charge is 0.0658 e. The molecule has 0 heterocycles. The number of nitrogens with one attached hydrogen (secondary N) is 1. The van der Waals surface area contributed by atoms with E-state index in [-0.39, 0.29) is 0 Å². The molecular weight excluding hydrogens is 218 g/mol. The van der Waals surface area contributed by atoms with Crippen LogP contribution in [0.3, 0.4) is 0 Å². The summed E-state index contributed by atoms with van der Waals surface area (Å²) in [4.78, 5) is 0. The minimum Gasteiger partial charge on any atom is -0.307 e. The zero-order valence-corrected chi connectivity index (χ0v) is 12.9. The molecule has 18 heavy (non-hydrogen) atoms. The highest BCUT2D eigenvalue weighted by Crippen LogP contribution is 2.10. The second-order valence-electron chi connectivity index (χ2n) is 5.26. The van der Waals surface area contributed by atoms with Crippen molar-refractivity contribution >= 4 is 0 Å². The third-order valence-electron chi connectivity index (χ3n) is 3.41. The minimum absolute atomic E-state index is 0.341. The van der Waals surface area contributed by atoms with Gasteiger partial charge in [-0.15, -0.1) is 5.92 Å². The molecule has 0 aliphatic heterocycles. The van der Waals surface area contributed by atoms with Gasteiger partial charge in [-0.1, -0.05) is 70.6 Å². The normalized spacial score (nSPS) is 11.9. The number of unbranched alkanes of at least 4 members (excludes halogenated alkanes) is 10. The van der Waals surface area contributed by atoms with E-state index in [9.17, 15) is 0 Å². The Morgan fingerprint density at radius 3 is 1.83 bits per heavy atom. The average Bonchev–Trinajstić information content (AvgIpc) is 2.39. The van der Waals surface area contributed by atoms with Crippen LogP contribution in [-0.4, -0.2) is 13.1 Å². The highest BCUT2D eigenvalue weighted by atomic mass is 14.8. The zero-order chi connectivity index (χ0) is 13.5. The standard InChI is InChI=1S/C17H33N/c1-4-5-6-7-8-9-10-11-12-13-14-15-16-17(2)18-3/h17-18H,4-14H2,1-3H3. The van der Waals surface area contributed by atoms with Gasteiger partial charge in [0.05, 0.1) is 6.04 Å². The molecular formula is C17H33N. The monoisotopic (exact) mass is 251 g/mol. The van der Waals surface area contributed by atoms with Crippen LogP contribution in [0.5, 0.6) is 0 Å². The molecule has 0 saturated carbocycles. The lowest BCUT2D eigenvalue weighted by Gasteiger charge is -2.01. The first-order valence-corrected chi connectivity index (χ1v) is 7.97. The van der Waals surface area contributed by atoms with Gasteiger partial charge in [-0.2, -0.15) is 0 Å². The highest BCUT2D eigenvalue weighted by Gasteiger charge is 1.92. The largest absolute Gasteiger partial charge is 0.307 e. The molecule has 1 unspecified atom stereocenters. The molecule has 1 heteroatoms. The van der Waals surface area contributed by atoms with Crippen LogP contribution in [0.2, 0.25) is 0 Å². The third kappa shape index (κ3) is 13.6. The molecule has 1 N–H and O–H groups in total. The lowest BCUT2D eigenvalue weighted by atomic mass is 10.1. The highest BCUT2D eigenvalue weighted by molar-refractivity contribution is 5.05. The van der Waals surface area contributed by atoms with Crippen LogP contribution in [0.25, 0.3) is 0 Å². The molecule has 0 aromatic carbocycles. The van der Waals surface area contributed by atoms with Gasteiger partial charge in [-0.3, -0.25) is 0 Å². The first-order chi connectivity index (χ1) is 8.81. The topological polar surface area (TPSA) is 12.0 Å². The van der Waals surface area contributed by atoms with Gasteiger partial charge < -0.3 is 5.32 Å². The Bertz CT molecular complexity index is 211. The molecule has 0 aliphatic rings. The molecule has 0 rings (SSSR count). The van der Waals surface area contributed by atoms with Gasteiger partial charge in [0.25, 0.3) is 0 Å². The van der Waals surface area contributed by atoms with E-state index in [1.54, 1.807) is 0 Å². The molecule has 1 nitrogen and oxygen atoms in total. The average molecular weight is 251 g/mol. The molecule has 106 valence electrons. The Labute approximate surface area is 115 Å². The van der Waals surface area contributed by atoms with Crippen molar-refractivity contribution < 1.29 is 0 Å². The van der Waals surface area contributed by atoms with Crippen LogP contribution in [0.1, 0.15) is 84.5 Å². The first-order valence-electron chi connectivity index (χ1n) is 7.97. The van der Waals surface area contributed by atoms with Crippen LogP contribution in [-0.2, 0) is 0 Å². The maximum Gasteiger partial charge on any atom is 0.0658 e. The number of hydrogen-bond acceptors (Lipinski definition) is 1. The van der Waals surface area contributed by atoms with Crippen molar-refractivity contribution in [1.29, 1.82) is 0 Å². The van der Waals surface area contributed by atoms with Crippen LogP contribution >= 0.6 is 0 Å². The molecule has 0 spiro atoms. The fourth-order valence-electron chi connectivity index (χ4n) is 2.00. The Kier molecular flexibility index (Phi) is 14.2. The van der Waals surface area contributed by atoms with Crippen molar-refractivity contribution in [1.82, 2.24) is 5.32 Å². The van der Waals surface area contributed by atoms with Crippen LogP contribution in [0, 0.1) is 11.8 Å². The maximum absolute atomic E-state index is 3.25. The van der Waals surface area contributed by atoms with E-state index in [1.165, 1.54) is 64.2 Å². The van der Waals surface area contributed by atoms with E-state index in [4.69, 9.17) is 0 Å². The van der Waals surface area contributed by atoms with Crippen molar-refractivity contribution in [2.75, 3.05) is 7.05 Å². The van der Waals surface area contributed by atoms with Gasteiger partial charge in [-0.25, -0.2) is 0 Å². The summed E-state index contributed by atoms with van der Waals surface area (Å²) in [5.74, 6) is 6.45. The number of rotatable bonds is 11. The van der Waals surface area contributed by atoms with Crippen molar-refractivity contribution in [2.24, 2.45) is 0 Å². The summed E-state index contributed by atoms with van der Waals surface area (Å²) in [5, 5.41) is 3.13. The van der Waals surface area contributed by atoms with Gasteiger partial charge in [-0.05, 0) is 20.4 Å². The van der Waals surface area contributed by atoms with Crippen LogP contribution < -0.4 is 5.32 Å². The fourth-order valence-corrected chi connectivity index (χ4v) is 2.00. The van der Waals surface area contributed by atoms with E-state index >= 15 is 0 Å². The van der Waals surface area contributed by atoms with E-state index in [0.717, 1.165) is 6.42 Å². The van der Waals surface area contributed by atoms with E-state index in [0.29, 0.717) is 6.04 Å². The van der Waals surface area contributed by atoms with Crippen LogP contribution in [0.4, 0.5) is 0 Å². The summed E-state index contributed by atoms with van der Waals surface area (Å²) in [5.41, 5.74) is 0. The van der Waals surface area contributed by atoms with Crippen LogP contribution in [0.15, 0.2) is 0 Å². The molecule has 0 fully saturated rings. The van der Waals surface area contributed by atoms with Crippen molar-refractivity contribution in [3.63, 3.8) is 0 Å². The van der Waals surface area contributed by atoms with Gasteiger partial charge in [0.15, 0.2) is 0 Å². The molecule has 0 aromatic heterocycles. The molecule has 0 radical (unpaired) electrons. The molecule has 0 amide bonds. The second kappa shape index (κ2) is 14.6. The zero-order valence-electron chi connectivity index (χ0n) is 12.9. The summed E-state index contributed by atoms with van der Waals surface area (Å²) in [6, 6.07) is 0.341.